The molecule has 0 aliphatic rings. The van der Waals surface area contributed by atoms with Crippen molar-refractivity contribution in [1.82, 2.24) is 20.3 Å². The smallest absolute Gasteiger partial charge is 0.325 e. The Labute approximate surface area is 219 Å². The number of hydrogen-bond donors (Lipinski definition) is 3. The van der Waals surface area contributed by atoms with Crippen LogP contribution in [0.5, 0.6) is 0 Å². The van der Waals surface area contributed by atoms with E-state index in [9.17, 15) is 27.6 Å². The first-order chi connectivity index (χ1) is 18.2. The van der Waals surface area contributed by atoms with E-state index >= 15 is 0 Å². The number of nitrogens with zero attached hydrogens (tertiary/aromatic N) is 1. The van der Waals surface area contributed by atoms with E-state index in [4.69, 9.17) is 0 Å². The molecule has 0 unspecified atom stereocenters. The molecule has 3 rings (SSSR count). The second-order valence-corrected chi connectivity index (χ2v) is 9.71. The molecule has 0 atom stereocenters. The highest BCUT2D eigenvalue weighted by Gasteiger charge is 2.19. The Bertz CT molecular complexity index is 1390. The van der Waals surface area contributed by atoms with Gasteiger partial charge in [0, 0.05) is 12.7 Å². The molecule has 38 heavy (non-hydrogen) atoms. The summed E-state index contributed by atoms with van der Waals surface area (Å²) in [4.78, 5) is 51.3. The van der Waals surface area contributed by atoms with Gasteiger partial charge >= 0.3 is 5.97 Å². The number of ether oxygens (including phenoxy) is 1. The van der Waals surface area contributed by atoms with E-state index in [1.807, 2.05) is 35.1 Å². The number of carbonyl (C=O) groups is 4. The standard InChI is InChI=1S/C26H26N4O7S/c1-37-24(32)17-29-26(34)22-12-9-20(16-28-22)25(33)30-38(35,36)21-10-7-18(8-11-21)13-14-27-23(31)15-19-5-3-2-4-6-19/h2-12,16H,13-15,17H2,1H3,(H,27,31)(H,29,34)(H,30,33). The molecule has 0 saturated heterocycles. The maximum absolute atomic E-state index is 12.6. The summed E-state index contributed by atoms with van der Waals surface area (Å²) in [7, 11) is -2.99. The molecule has 0 spiro atoms. The van der Waals surface area contributed by atoms with Gasteiger partial charge in [-0.15, -0.1) is 0 Å². The number of pyridine rings is 1. The summed E-state index contributed by atoms with van der Waals surface area (Å²) in [5.41, 5.74) is 1.57. The molecule has 0 radical (unpaired) electrons. The zero-order valence-electron chi connectivity index (χ0n) is 20.5. The number of aromatic nitrogens is 1. The first kappa shape index (κ1) is 28.0. The van der Waals surface area contributed by atoms with E-state index in [-0.39, 0.29) is 35.0 Å². The average Bonchev–Trinajstić information content (AvgIpc) is 2.92. The predicted molar refractivity (Wildman–Crippen MR) is 137 cm³/mol. The Morgan fingerprint density at radius 1 is 0.842 bits per heavy atom. The molecule has 3 amide bonds. The van der Waals surface area contributed by atoms with Gasteiger partial charge in [-0.25, -0.2) is 13.1 Å². The van der Waals surface area contributed by atoms with Gasteiger partial charge in [0.1, 0.15) is 12.2 Å². The fraction of sp³-hybridized carbons (Fsp3) is 0.192. The second kappa shape index (κ2) is 13.1. The number of benzene rings is 2. The van der Waals surface area contributed by atoms with Crippen molar-refractivity contribution in [1.29, 1.82) is 0 Å². The zero-order chi connectivity index (χ0) is 27.5. The molecular formula is C26H26N4O7S. The largest absolute Gasteiger partial charge is 0.468 e. The van der Waals surface area contributed by atoms with Crippen LogP contribution in [0.15, 0.2) is 77.8 Å². The summed E-state index contributed by atoms with van der Waals surface area (Å²) < 4.78 is 31.7. The van der Waals surface area contributed by atoms with Crippen LogP contribution in [0.2, 0.25) is 0 Å². The van der Waals surface area contributed by atoms with E-state index in [1.54, 1.807) is 12.1 Å². The molecule has 0 bridgehead atoms. The van der Waals surface area contributed by atoms with Gasteiger partial charge in [0.05, 0.1) is 24.0 Å². The van der Waals surface area contributed by atoms with Gasteiger partial charge in [-0.1, -0.05) is 42.5 Å². The summed E-state index contributed by atoms with van der Waals surface area (Å²) in [5, 5.41) is 5.13. The number of sulfonamides is 1. The topological polar surface area (TPSA) is 161 Å². The van der Waals surface area contributed by atoms with Gasteiger partial charge in [0.25, 0.3) is 21.8 Å². The third-order valence-corrected chi connectivity index (χ3v) is 6.63. The fourth-order valence-electron chi connectivity index (χ4n) is 3.24. The minimum Gasteiger partial charge on any atom is -0.468 e. The van der Waals surface area contributed by atoms with Gasteiger partial charge in [-0.2, -0.15) is 0 Å². The summed E-state index contributed by atoms with van der Waals surface area (Å²) in [5.74, 6) is -2.34. The van der Waals surface area contributed by atoms with E-state index in [0.29, 0.717) is 13.0 Å². The van der Waals surface area contributed by atoms with Crippen molar-refractivity contribution in [2.45, 2.75) is 17.7 Å². The molecule has 12 heteroatoms. The molecule has 2 aromatic carbocycles. The average molecular weight is 539 g/mol. The van der Waals surface area contributed by atoms with E-state index in [0.717, 1.165) is 17.3 Å². The molecule has 11 nitrogen and oxygen atoms in total. The van der Waals surface area contributed by atoms with E-state index in [2.05, 4.69) is 20.4 Å². The maximum Gasteiger partial charge on any atom is 0.325 e. The molecule has 3 N–H and O–H groups in total. The highest BCUT2D eigenvalue weighted by Crippen LogP contribution is 2.12. The minimum atomic E-state index is -4.17. The quantitative estimate of drug-likeness (QED) is 0.305. The third kappa shape index (κ3) is 8.23. The van der Waals surface area contributed by atoms with Crippen molar-refractivity contribution in [2.24, 2.45) is 0 Å². The third-order valence-electron chi connectivity index (χ3n) is 5.28. The normalized spacial score (nSPS) is 10.8. The lowest BCUT2D eigenvalue weighted by atomic mass is 10.1. The van der Waals surface area contributed by atoms with Gasteiger partial charge in [-0.05, 0) is 41.8 Å². The first-order valence-electron chi connectivity index (χ1n) is 11.5. The number of methoxy groups -OCH3 is 1. The Kier molecular flexibility index (Phi) is 9.66. The fourth-order valence-corrected chi connectivity index (χ4v) is 4.22. The molecule has 0 fully saturated rings. The Morgan fingerprint density at radius 3 is 2.18 bits per heavy atom. The zero-order valence-corrected chi connectivity index (χ0v) is 21.3. The molecule has 0 saturated carbocycles. The van der Waals surface area contributed by atoms with Crippen molar-refractivity contribution < 1.29 is 32.3 Å². The number of amides is 3. The monoisotopic (exact) mass is 538 g/mol. The van der Waals surface area contributed by atoms with Gasteiger partial charge in [0.15, 0.2) is 0 Å². The maximum atomic E-state index is 12.6. The van der Waals surface area contributed by atoms with Gasteiger partial charge in [0.2, 0.25) is 5.91 Å². The first-order valence-corrected chi connectivity index (χ1v) is 12.9. The lowest BCUT2D eigenvalue weighted by molar-refractivity contribution is -0.139. The van der Waals surface area contributed by atoms with Crippen molar-refractivity contribution in [3.8, 4) is 0 Å². The van der Waals surface area contributed by atoms with Crippen LogP contribution >= 0.6 is 0 Å². The highest BCUT2D eigenvalue weighted by atomic mass is 32.2. The lowest BCUT2D eigenvalue weighted by Crippen LogP contribution is -2.32. The van der Waals surface area contributed by atoms with Crippen LogP contribution in [0.1, 0.15) is 32.0 Å². The lowest BCUT2D eigenvalue weighted by Gasteiger charge is -2.09. The van der Waals surface area contributed by atoms with Crippen molar-refractivity contribution in [3.63, 3.8) is 0 Å². The summed E-state index contributed by atoms with van der Waals surface area (Å²) >= 11 is 0. The van der Waals surface area contributed by atoms with Crippen LogP contribution < -0.4 is 15.4 Å². The van der Waals surface area contributed by atoms with Crippen molar-refractivity contribution in [3.05, 3.63) is 95.3 Å². The number of hydrogen-bond acceptors (Lipinski definition) is 8. The van der Waals surface area contributed by atoms with Crippen LogP contribution in [0.25, 0.3) is 0 Å². The SMILES string of the molecule is COC(=O)CNC(=O)c1ccc(C(=O)NS(=O)(=O)c2ccc(CCNC(=O)Cc3ccccc3)cc2)cn1. The van der Waals surface area contributed by atoms with E-state index < -0.39 is 27.8 Å². The summed E-state index contributed by atoms with van der Waals surface area (Å²) in [6, 6.07) is 17.8. The highest BCUT2D eigenvalue weighted by molar-refractivity contribution is 7.90. The summed E-state index contributed by atoms with van der Waals surface area (Å²) in [6.45, 7) is 0.0391. The molecule has 0 aliphatic heterocycles. The van der Waals surface area contributed by atoms with Crippen LogP contribution in [-0.2, 0) is 37.2 Å². The Hall–Kier alpha value is -4.58. The molecule has 198 valence electrons. The van der Waals surface area contributed by atoms with Crippen LogP contribution in [-0.4, -0.2) is 57.3 Å². The van der Waals surface area contributed by atoms with Crippen molar-refractivity contribution >= 4 is 33.7 Å². The second-order valence-electron chi connectivity index (χ2n) is 8.03. The Morgan fingerprint density at radius 2 is 1.55 bits per heavy atom. The molecule has 0 aliphatic carbocycles. The number of nitrogens with one attached hydrogen (secondary N) is 3. The molecular weight excluding hydrogens is 512 g/mol. The number of carbonyl (C=O) groups excluding carboxylic acids is 4. The molecule has 3 aromatic rings. The minimum absolute atomic E-state index is 0.0693. The van der Waals surface area contributed by atoms with Crippen molar-refractivity contribution in [2.75, 3.05) is 20.2 Å². The van der Waals surface area contributed by atoms with Crippen LogP contribution in [0, 0.1) is 0 Å². The number of rotatable bonds is 11. The number of esters is 1. The molecule has 1 aromatic heterocycles. The van der Waals surface area contributed by atoms with Crippen LogP contribution in [0.4, 0.5) is 0 Å². The van der Waals surface area contributed by atoms with Gasteiger partial charge in [-0.3, -0.25) is 24.2 Å². The summed E-state index contributed by atoms with van der Waals surface area (Å²) in [6.07, 6.45) is 1.82. The van der Waals surface area contributed by atoms with Gasteiger partial charge < -0.3 is 15.4 Å². The predicted octanol–water partition coefficient (Wildman–Crippen LogP) is 1.00. The Balaban J connectivity index is 1.50. The van der Waals surface area contributed by atoms with Crippen LogP contribution in [0.3, 0.4) is 0 Å². The molecule has 1 heterocycles. The van der Waals surface area contributed by atoms with E-state index in [1.165, 1.54) is 31.4 Å².